The fraction of sp³-hybridized carbons (Fsp3) is 0.250. The van der Waals surface area contributed by atoms with E-state index in [-0.39, 0.29) is 11.9 Å². The molecular weight excluding hydrogens is 250 g/mol. The highest BCUT2D eigenvalue weighted by atomic mass is 32.1. The topological polar surface area (TPSA) is 68.1 Å². The number of nitrogens with one attached hydrogen (secondary N) is 1. The smallest absolute Gasteiger partial charge is 0.363 e. The summed E-state index contributed by atoms with van der Waals surface area (Å²) in [5, 5.41) is 17.9. The molecule has 94 valence electrons. The van der Waals surface area contributed by atoms with Crippen LogP contribution in [0.5, 0.6) is 0 Å². The van der Waals surface area contributed by atoms with Gasteiger partial charge in [0.2, 0.25) is 0 Å². The van der Waals surface area contributed by atoms with Crippen LogP contribution in [-0.2, 0) is 6.42 Å². The van der Waals surface area contributed by atoms with Gasteiger partial charge in [0.05, 0.1) is 5.69 Å². The Morgan fingerprint density at radius 3 is 2.89 bits per heavy atom. The maximum absolute atomic E-state index is 10.5. The number of rotatable bonds is 5. The van der Waals surface area contributed by atoms with E-state index >= 15 is 0 Å². The van der Waals surface area contributed by atoms with Crippen molar-refractivity contribution < 1.29 is 4.92 Å². The van der Waals surface area contributed by atoms with Crippen LogP contribution in [0.1, 0.15) is 12.5 Å². The summed E-state index contributed by atoms with van der Waals surface area (Å²) in [4.78, 5) is 13.7. The molecule has 2 heterocycles. The Morgan fingerprint density at radius 1 is 1.50 bits per heavy atom. The average Bonchev–Trinajstić information content (AvgIpc) is 2.82. The van der Waals surface area contributed by atoms with Gasteiger partial charge in [-0.25, -0.2) is 0 Å². The highest BCUT2D eigenvalue weighted by Gasteiger charge is 2.08. The Hall–Kier alpha value is -1.95. The average molecular weight is 263 g/mol. The third-order valence-electron chi connectivity index (χ3n) is 2.47. The van der Waals surface area contributed by atoms with Crippen molar-refractivity contribution in [3.05, 3.63) is 50.8 Å². The van der Waals surface area contributed by atoms with Crippen molar-refractivity contribution in [2.75, 3.05) is 5.32 Å². The first-order chi connectivity index (χ1) is 8.65. The zero-order chi connectivity index (χ0) is 13.0. The lowest BCUT2D eigenvalue weighted by molar-refractivity contribution is -0.389. The number of pyridine rings is 1. The lowest BCUT2D eigenvalue weighted by Crippen LogP contribution is -2.17. The number of hydrogen-bond acceptors (Lipinski definition) is 5. The summed E-state index contributed by atoms with van der Waals surface area (Å²) < 4.78 is 0. The second kappa shape index (κ2) is 5.59. The molecule has 1 atom stereocenters. The van der Waals surface area contributed by atoms with E-state index in [9.17, 15) is 10.1 Å². The third kappa shape index (κ3) is 3.27. The first-order valence-electron chi connectivity index (χ1n) is 5.53. The first kappa shape index (κ1) is 12.5. The van der Waals surface area contributed by atoms with Gasteiger partial charge in [0.1, 0.15) is 0 Å². The van der Waals surface area contributed by atoms with Crippen molar-refractivity contribution in [1.29, 1.82) is 0 Å². The zero-order valence-corrected chi connectivity index (χ0v) is 10.7. The molecule has 0 radical (unpaired) electrons. The molecule has 1 unspecified atom stereocenters. The minimum absolute atomic E-state index is 0.133. The summed E-state index contributed by atoms with van der Waals surface area (Å²) in [7, 11) is 0. The van der Waals surface area contributed by atoms with Crippen molar-refractivity contribution in [3.63, 3.8) is 0 Å². The fourth-order valence-electron chi connectivity index (χ4n) is 1.68. The van der Waals surface area contributed by atoms with Gasteiger partial charge in [-0.3, -0.25) is 0 Å². The van der Waals surface area contributed by atoms with Crippen LogP contribution in [0.4, 0.5) is 11.5 Å². The van der Waals surface area contributed by atoms with Crippen LogP contribution in [0.3, 0.4) is 0 Å². The standard InChI is InChI=1S/C12H13N3O2S/c1-9(6-10-4-5-18-8-10)14-11-2-3-12(13-7-11)15(16)17/h2-5,7-9,14H,6H2,1H3. The maximum Gasteiger partial charge on any atom is 0.363 e. The van der Waals surface area contributed by atoms with Gasteiger partial charge in [0, 0.05) is 12.1 Å². The molecule has 6 heteroatoms. The van der Waals surface area contributed by atoms with Gasteiger partial charge in [-0.1, -0.05) is 0 Å². The normalized spacial score (nSPS) is 12.1. The minimum Gasteiger partial charge on any atom is -0.379 e. The minimum atomic E-state index is -0.501. The van der Waals surface area contributed by atoms with Crippen LogP contribution in [0.2, 0.25) is 0 Å². The summed E-state index contributed by atoms with van der Waals surface area (Å²) in [6.07, 6.45) is 2.41. The van der Waals surface area contributed by atoms with Crippen LogP contribution in [0.25, 0.3) is 0 Å². The SMILES string of the molecule is CC(Cc1ccsc1)Nc1ccc([N+](=O)[O-])nc1. The van der Waals surface area contributed by atoms with Gasteiger partial charge in [0.15, 0.2) is 6.20 Å². The molecule has 18 heavy (non-hydrogen) atoms. The quantitative estimate of drug-likeness (QED) is 0.665. The maximum atomic E-state index is 10.5. The molecule has 0 amide bonds. The van der Waals surface area contributed by atoms with Crippen LogP contribution >= 0.6 is 11.3 Å². The molecule has 0 fully saturated rings. The predicted octanol–water partition coefficient (Wildman–Crippen LogP) is 3.09. The molecule has 0 bridgehead atoms. The first-order valence-corrected chi connectivity index (χ1v) is 6.47. The fourth-order valence-corrected chi connectivity index (χ4v) is 2.36. The van der Waals surface area contributed by atoms with E-state index in [1.54, 1.807) is 17.4 Å². The summed E-state index contributed by atoms with van der Waals surface area (Å²) >= 11 is 1.68. The van der Waals surface area contributed by atoms with Gasteiger partial charge in [-0.15, -0.1) is 0 Å². The Kier molecular flexibility index (Phi) is 3.88. The molecule has 5 nitrogen and oxygen atoms in total. The highest BCUT2D eigenvalue weighted by Crippen LogP contribution is 2.15. The van der Waals surface area contributed by atoms with Crippen LogP contribution in [-0.4, -0.2) is 15.9 Å². The number of hydrogen-bond donors (Lipinski definition) is 1. The van der Waals surface area contributed by atoms with Gasteiger partial charge < -0.3 is 15.4 Å². The molecule has 1 N–H and O–H groups in total. The second-order valence-electron chi connectivity index (χ2n) is 4.04. The van der Waals surface area contributed by atoms with E-state index in [0.717, 1.165) is 12.1 Å². The van der Waals surface area contributed by atoms with Gasteiger partial charge in [-0.2, -0.15) is 11.3 Å². The molecule has 0 saturated carbocycles. The van der Waals surface area contributed by atoms with E-state index < -0.39 is 4.92 Å². The number of nitrogens with zero attached hydrogens (tertiary/aromatic N) is 2. The molecule has 0 aromatic carbocycles. The molecule has 0 spiro atoms. The van der Waals surface area contributed by atoms with Crippen molar-refractivity contribution in [2.45, 2.75) is 19.4 Å². The molecule has 0 aliphatic carbocycles. The molecule has 2 rings (SSSR count). The van der Waals surface area contributed by atoms with E-state index in [1.807, 2.05) is 0 Å². The Morgan fingerprint density at radius 2 is 2.33 bits per heavy atom. The van der Waals surface area contributed by atoms with E-state index in [2.05, 4.69) is 34.1 Å². The van der Waals surface area contributed by atoms with E-state index in [0.29, 0.717) is 0 Å². The monoisotopic (exact) mass is 263 g/mol. The Bertz CT molecular complexity index is 511. The molecule has 0 saturated heterocycles. The summed E-state index contributed by atoms with van der Waals surface area (Å²) in [6.45, 7) is 2.07. The lowest BCUT2D eigenvalue weighted by atomic mass is 10.1. The Labute approximate surface area is 109 Å². The van der Waals surface area contributed by atoms with Crippen molar-refractivity contribution in [2.24, 2.45) is 0 Å². The molecule has 0 aliphatic rings. The molecule has 2 aromatic rings. The van der Waals surface area contributed by atoms with Crippen LogP contribution < -0.4 is 5.32 Å². The highest BCUT2D eigenvalue weighted by molar-refractivity contribution is 7.07. The van der Waals surface area contributed by atoms with E-state index in [1.165, 1.54) is 17.8 Å². The van der Waals surface area contributed by atoms with Crippen LogP contribution in [0, 0.1) is 10.1 Å². The van der Waals surface area contributed by atoms with E-state index in [4.69, 9.17) is 0 Å². The zero-order valence-electron chi connectivity index (χ0n) is 9.87. The summed E-state index contributed by atoms with van der Waals surface area (Å²) in [5.41, 5.74) is 2.08. The van der Waals surface area contributed by atoms with Gasteiger partial charge in [0.25, 0.3) is 0 Å². The van der Waals surface area contributed by atoms with Gasteiger partial charge in [-0.05, 0) is 51.7 Å². The molecule has 2 aromatic heterocycles. The van der Waals surface area contributed by atoms with Crippen molar-refractivity contribution in [3.8, 4) is 0 Å². The summed E-state index contributed by atoms with van der Waals surface area (Å²) in [6, 6.07) is 5.43. The molecule has 0 aliphatic heterocycles. The number of nitro groups is 1. The second-order valence-corrected chi connectivity index (χ2v) is 4.82. The number of thiophene rings is 1. The van der Waals surface area contributed by atoms with Gasteiger partial charge >= 0.3 is 5.82 Å². The third-order valence-corrected chi connectivity index (χ3v) is 3.20. The van der Waals surface area contributed by atoms with Crippen molar-refractivity contribution in [1.82, 2.24) is 4.98 Å². The predicted molar refractivity (Wildman–Crippen MR) is 72.0 cm³/mol. The van der Waals surface area contributed by atoms with Crippen LogP contribution in [0.15, 0.2) is 35.2 Å². The Balaban J connectivity index is 1.94. The molecular formula is C12H13N3O2S. The summed E-state index contributed by atoms with van der Waals surface area (Å²) in [5.74, 6) is -0.133. The van der Waals surface area contributed by atoms with Crippen molar-refractivity contribution >= 4 is 22.8 Å². The number of aromatic nitrogens is 1. The lowest BCUT2D eigenvalue weighted by Gasteiger charge is -2.13. The number of anilines is 1. The largest absolute Gasteiger partial charge is 0.379 e.